The molecule has 1 atom stereocenters. The Morgan fingerprint density at radius 1 is 1.80 bits per heavy atom. The summed E-state index contributed by atoms with van der Waals surface area (Å²) >= 11 is 4.28. The van der Waals surface area contributed by atoms with Crippen molar-refractivity contribution in [3.05, 3.63) is 29.4 Å². The van der Waals surface area contributed by atoms with E-state index in [0.29, 0.717) is 5.92 Å². The van der Waals surface area contributed by atoms with E-state index < -0.39 is 0 Å². The van der Waals surface area contributed by atoms with Crippen LogP contribution in [0.5, 0.6) is 0 Å². The maximum Gasteiger partial charge on any atom is -0.0119 e. The molecule has 0 aliphatic heterocycles. The van der Waals surface area contributed by atoms with Crippen LogP contribution in [0.2, 0.25) is 0 Å². The molecular formula is C9H12S. The lowest BCUT2D eigenvalue weighted by atomic mass is 9.94. The lowest BCUT2D eigenvalue weighted by Crippen LogP contribution is -1.99. The van der Waals surface area contributed by atoms with Crippen LogP contribution in [0.25, 0.3) is 0 Å². The zero-order valence-corrected chi connectivity index (χ0v) is 6.90. The highest BCUT2D eigenvalue weighted by atomic mass is 32.1. The summed E-state index contributed by atoms with van der Waals surface area (Å²) in [5.74, 6) is 0.661. The maximum absolute atomic E-state index is 4.28. The van der Waals surface area contributed by atoms with E-state index in [4.69, 9.17) is 0 Å². The summed E-state index contributed by atoms with van der Waals surface area (Å²) in [5, 5.41) is 0. The van der Waals surface area contributed by atoms with Gasteiger partial charge in [-0.2, -0.15) is 0 Å². The summed E-state index contributed by atoms with van der Waals surface area (Å²) in [6.07, 6.45) is 7.67. The third kappa shape index (κ3) is 2.09. The predicted octanol–water partition coefficient (Wildman–Crippen LogP) is 2.94. The molecule has 0 spiro atoms. The van der Waals surface area contributed by atoms with Crippen LogP contribution in [-0.4, -0.2) is 0 Å². The van der Waals surface area contributed by atoms with Crippen LogP contribution in [-0.2, 0) is 0 Å². The molecule has 0 radical (unpaired) electrons. The van der Waals surface area contributed by atoms with Crippen molar-refractivity contribution < 1.29 is 0 Å². The van der Waals surface area contributed by atoms with Gasteiger partial charge in [-0.25, -0.2) is 0 Å². The van der Waals surface area contributed by atoms with Gasteiger partial charge < -0.3 is 0 Å². The highest BCUT2D eigenvalue weighted by Crippen LogP contribution is 2.25. The number of hydrogen-bond acceptors (Lipinski definition) is 1. The molecule has 0 heterocycles. The van der Waals surface area contributed by atoms with E-state index in [1.165, 1.54) is 11.3 Å². The molecule has 0 bridgehead atoms. The zero-order valence-electron chi connectivity index (χ0n) is 6.01. The van der Waals surface area contributed by atoms with Crippen molar-refractivity contribution in [1.29, 1.82) is 0 Å². The summed E-state index contributed by atoms with van der Waals surface area (Å²) in [6, 6.07) is 0. The molecule has 0 amide bonds. The van der Waals surface area contributed by atoms with E-state index in [1.54, 1.807) is 0 Å². The van der Waals surface area contributed by atoms with E-state index in [9.17, 15) is 0 Å². The monoisotopic (exact) mass is 152 g/mol. The third-order valence-electron chi connectivity index (χ3n) is 1.78. The van der Waals surface area contributed by atoms with Gasteiger partial charge in [0.1, 0.15) is 0 Å². The second kappa shape index (κ2) is 3.70. The maximum atomic E-state index is 4.28. The van der Waals surface area contributed by atoms with Crippen molar-refractivity contribution in [2.24, 2.45) is 5.92 Å². The molecule has 0 aromatic rings. The second-order valence-electron chi connectivity index (χ2n) is 2.60. The molecule has 0 saturated carbocycles. The minimum absolute atomic E-state index is 0.661. The van der Waals surface area contributed by atoms with Crippen LogP contribution in [0.15, 0.2) is 29.4 Å². The number of hydrogen-bond donors (Lipinski definition) is 1. The van der Waals surface area contributed by atoms with Crippen molar-refractivity contribution in [1.82, 2.24) is 0 Å². The lowest BCUT2D eigenvalue weighted by Gasteiger charge is -2.14. The number of thiol groups is 1. The number of allylic oxidation sites excluding steroid dienone is 3. The van der Waals surface area contributed by atoms with E-state index in [-0.39, 0.29) is 0 Å². The molecule has 1 aliphatic rings. The van der Waals surface area contributed by atoms with Crippen molar-refractivity contribution in [3.8, 4) is 0 Å². The fourth-order valence-corrected chi connectivity index (χ4v) is 1.39. The summed E-state index contributed by atoms with van der Waals surface area (Å²) in [5.41, 5.74) is 2.82. The first-order valence-corrected chi connectivity index (χ1v) is 4.01. The molecule has 0 saturated heterocycles. The Hall–Kier alpha value is -0.390. The van der Waals surface area contributed by atoms with Gasteiger partial charge in [-0.1, -0.05) is 12.7 Å². The Morgan fingerprint density at radius 2 is 2.60 bits per heavy atom. The van der Waals surface area contributed by atoms with Gasteiger partial charge in [-0.3, -0.25) is 0 Å². The Kier molecular flexibility index (Phi) is 2.85. The first-order valence-electron chi connectivity index (χ1n) is 3.57. The molecule has 1 unspecified atom stereocenters. The normalized spacial score (nSPS) is 24.9. The summed E-state index contributed by atoms with van der Waals surface area (Å²) in [7, 11) is 0. The van der Waals surface area contributed by atoms with Gasteiger partial charge in [0.2, 0.25) is 0 Å². The number of rotatable bonds is 1. The van der Waals surface area contributed by atoms with Crippen LogP contribution in [0.1, 0.15) is 19.3 Å². The second-order valence-corrected chi connectivity index (χ2v) is 3.18. The summed E-state index contributed by atoms with van der Waals surface area (Å²) in [4.78, 5) is 1.23. The molecule has 10 heavy (non-hydrogen) atoms. The molecule has 1 heteroatoms. The van der Waals surface area contributed by atoms with Crippen LogP contribution >= 0.6 is 12.6 Å². The minimum Gasteiger partial charge on any atom is -0.148 e. The van der Waals surface area contributed by atoms with Crippen molar-refractivity contribution in [2.45, 2.75) is 19.3 Å². The summed E-state index contributed by atoms with van der Waals surface area (Å²) in [6.45, 7) is 3.55. The van der Waals surface area contributed by atoms with Crippen molar-refractivity contribution >= 4 is 12.6 Å². The Labute approximate surface area is 67.7 Å². The standard InChI is InChI=1S/C9H12S/c1-2-3-8-4-6-9(10)7-5-8/h3,6,8,10H,1,4-5,7H2. The van der Waals surface area contributed by atoms with Gasteiger partial charge in [0.25, 0.3) is 0 Å². The van der Waals surface area contributed by atoms with Gasteiger partial charge in [-0.05, 0) is 36.2 Å². The molecule has 1 rings (SSSR count). The lowest BCUT2D eigenvalue weighted by molar-refractivity contribution is 0.581. The molecule has 0 N–H and O–H groups in total. The van der Waals surface area contributed by atoms with Crippen molar-refractivity contribution in [3.63, 3.8) is 0 Å². The third-order valence-corrected chi connectivity index (χ3v) is 2.19. The van der Waals surface area contributed by atoms with E-state index in [2.05, 4.69) is 37.1 Å². The van der Waals surface area contributed by atoms with Gasteiger partial charge in [0.05, 0.1) is 0 Å². The topological polar surface area (TPSA) is 0 Å². The van der Waals surface area contributed by atoms with E-state index in [0.717, 1.165) is 12.8 Å². The predicted molar refractivity (Wildman–Crippen MR) is 48.1 cm³/mol. The first-order chi connectivity index (χ1) is 4.83. The molecular weight excluding hydrogens is 140 g/mol. The SMILES string of the molecule is C=C=CC1CC=C(S)CC1. The van der Waals surface area contributed by atoms with Gasteiger partial charge in [0, 0.05) is 0 Å². The van der Waals surface area contributed by atoms with Gasteiger partial charge in [-0.15, -0.1) is 18.4 Å². The Bertz CT molecular complexity index is 185. The highest BCUT2D eigenvalue weighted by Gasteiger charge is 2.08. The first kappa shape index (κ1) is 7.71. The Balaban J connectivity index is 2.49. The van der Waals surface area contributed by atoms with Gasteiger partial charge >= 0.3 is 0 Å². The zero-order chi connectivity index (χ0) is 7.40. The minimum atomic E-state index is 0.661. The smallest absolute Gasteiger partial charge is 0.0119 e. The Morgan fingerprint density at radius 3 is 3.10 bits per heavy atom. The molecule has 54 valence electrons. The van der Waals surface area contributed by atoms with E-state index in [1.807, 2.05) is 0 Å². The van der Waals surface area contributed by atoms with Gasteiger partial charge in [0.15, 0.2) is 0 Å². The molecule has 0 fully saturated rings. The highest BCUT2D eigenvalue weighted by molar-refractivity contribution is 7.84. The van der Waals surface area contributed by atoms with E-state index >= 15 is 0 Å². The van der Waals surface area contributed by atoms with Crippen LogP contribution in [0.3, 0.4) is 0 Å². The van der Waals surface area contributed by atoms with Crippen LogP contribution in [0.4, 0.5) is 0 Å². The van der Waals surface area contributed by atoms with Crippen LogP contribution in [0, 0.1) is 5.92 Å². The molecule has 0 aromatic heterocycles. The average molecular weight is 152 g/mol. The van der Waals surface area contributed by atoms with Crippen LogP contribution < -0.4 is 0 Å². The fourth-order valence-electron chi connectivity index (χ4n) is 1.16. The molecule has 0 aromatic carbocycles. The average Bonchev–Trinajstić information content (AvgIpc) is 1.95. The largest absolute Gasteiger partial charge is 0.148 e. The quantitative estimate of drug-likeness (QED) is 0.433. The van der Waals surface area contributed by atoms with Crippen molar-refractivity contribution in [2.75, 3.05) is 0 Å². The fraction of sp³-hybridized carbons (Fsp3) is 0.444. The molecule has 0 nitrogen and oxygen atoms in total. The summed E-state index contributed by atoms with van der Waals surface area (Å²) < 4.78 is 0. The molecule has 1 aliphatic carbocycles.